The molecule has 2 heterocycles. The van der Waals surface area contributed by atoms with Crippen LogP contribution in [0.3, 0.4) is 0 Å². The third kappa shape index (κ3) is 4.20. The summed E-state index contributed by atoms with van der Waals surface area (Å²) >= 11 is 1.30. The van der Waals surface area contributed by atoms with Gasteiger partial charge in [0.15, 0.2) is 0 Å². The number of nitrogens with two attached hydrogens (primary N) is 1. The first kappa shape index (κ1) is 17.8. The molecule has 0 atom stereocenters. The Morgan fingerprint density at radius 1 is 1.04 bits per heavy atom. The minimum absolute atomic E-state index is 0.105. The second kappa shape index (κ2) is 7.96. The Morgan fingerprint density at radius 3 is 2.71 bits per heavy atom. The van der Waals surface area contributed by atoms with Crippen LogP contribution < -0.4 is 11.1 Å². The van der Waals surface area contributed by atoms with E-state index in [4.69, 9.17) is 5.73 Å². The molecule has 0 bridgehead atoms. The fourth-order valence-corrected chi connectivity index (χ4v) is 3.12. The van der Waals surface area contributed by atoms with Gasteiger partial charge in [-0.05, 0) is 40.8 Å². The average molecular weight is 395 g/mol. The summed E-state index contributed by atoms with van der Waals surface area (Å²) in [5.41, 5.74) is 7.16. The summed E-state index contributed by atoms with van der Waals surface area (Å²) in [5.74, 6) is 0.898. The molecule has 0 aliphatic carbocycles. The van der Waals surface area contributed by atoms with E-state index >= 15 is 0 Å². The number of nitrogen functional groups attached to an aromatic ring is 1. The molecule has 0 spiro atoms. The molecule has 0 amide bonds. The van der Waals surface area contributed by atoms with E-state index in [1.165, 1.54) is 28.6 Å². The summed E-state index contributed by atoms with van der Waals surface area (Å²) < 4.78 is 14.9. The minimum atomic E-state index is -0.370. The summed E-state index contributed by atoms with van der Waals surface area (Å²) in [5, 5.41) is 15.1. The number of hydrogen-bond acceptors (Lipinski definition) is 9. The SMILES string of the molecule is Nc1nc(CSc2nnnn2-c2cccc(F)c2)nc(Nc2ccccc2)n1. The lowest BCUT2D eigenvalue weighted by Crippen LogP contribution is -2.07. The number of benzene rings is 2. The van der Waals surface area contributed by atoms with Crippen LogP contribution >= 0.6 is 11.8 Å². The number of hydrogen-bond donors (Lipinski definition) is 2. The van der Waals surface area contributed by atoms with Gasteiger partial charge in [-0.3, -0.25) is 0 Å². The molecule has 2 aromatic carbocycles. The second-order valence-corrected chi connectivity index (χ2v) is 6.51. The van der Waals surface area contributed by atoms with Crippen LogP contribution in [0.1, 0.15) is 5.82 Å². The van der Waals surface area contributed by atoms with Crippen molar-refractivity contribution in [3.8, 4) is 5.69 Å². The highest BCUT2D eigenvalue weighted by atomic mass is 32.2. The molecule has 4 rings (SSSR count). The van der Waals surface area contributed by atoms with Crippen molar-refractivity contribution < 1.29 is 4.39 Å². The Hall–Kier alpha value is -3.60. The van der Waals surface area contributed by atoms with Gasteiger partial charge in [-0.15, -0.1) is 5.10 Å². The zero-order valence-corrected chi connectivity index (χ0v) is 15.2. The van der Waals surface area contributed by atoms with Crippen LogP contribution in [0.5, 0.6) is 0 Å². The van der Waals surface area contributed by atoms with E-state index in [1.807, 2.05) is 30.3 Å². The first-order valence-corrected chi connectivity index (χ1v) is 9.15. The quantitative estimate of drug-likeness (QED) is 0.475. The second-order valence-electron chi connectivity index (χ2n) is 5.57. The van der Waals surface area contributed by atoms with E-state index in [2.05, 4.69) is 35.8 Å². The molecule has 0 saturated carbocycles. The van der Waals surface area contributed by atoms with Gasteiger partial charge in [0.1, 0.15) is 11.6 Å². The molecular formula is C17H14FN9S. The number of anilines is 3. The predicted molar refractivity (Wildman–Crippen MR) is 103 cm³/mol. The van der Waals surface area contributed by atoms with Gasteiger partial charge in [0.05, 0.1) is 11.4 Å². The molecule has 4 aromatic rings. The summed E-state index contributed by atoms with van der Waals surface area (Å²) in [7, 11) is 0. The number of halogens is 1. The molecule has 0 radical (unpaired) electrons. The summed E-state index contributed by atoms with van der Waals surface area (Å²) in [6.07, 6.45) is 0. The average Bonchev–Trinajstić information content (AvgIpc) is 3.15. The van der Waals surface area contributed by atoms with E-state index in [-0.39, 0.29) is 11.8 Å². The van der Waals surface area contributed by atoms with Crippen molar-refractivity contribution in [2.45, 2.75) is 10.9 Å². The van der Waals surface area contributed by atoms with Crippen LogP contribution in [0, 0.1) is 5.82 Å². The smallest absolute Gasteiger partial charge is 0.232 e. The molecule has 0 aliphatic heterocycles. The highest BCUT2D eigenvalue weighted by Crippen LogP contribution is 2.22. The summed E-state index contributed by atoms with van der Waals surface area (Å²) in [6, 6.07) is 15.5. The van der Waals surface area contributed by atoms with Crippen molar-refractivity contribution in [3.63, 3.8) is 0 Å². The molecule has 0 aliphatic rings. The fourth-order valence-electron chi connectivity index (χ4n) is 2.38. The maximum absolute atomic E-state index is 13.5. The first-order valence-electron chi connectivity index (χ1n) is 8.17. The van der Waals surface area contributed by atoms with Gasteiger partial charge in [0, 0.05) is 5.69 Å². The van der Waals surface area contributed by atoms with Crippen LogP contribution in [0.25, 0.3) is 5.69 Å². The van der Waals surface area contributed by atoms with Gasteiger partial charge in [0.25, 0.3) is 0 Å². The largest absolute Gasteiger partial charge is 0.368 e. The maximum Gasteiger partial charge on any atom is 0.232 e. The van der Waals surface area contributed by atoms with Crippen molar-refractivity contribution in [2.24, 2.45) is 0 Å². The Balaban J connectivity index is 1.51. The fraction of sp³-hybridized carbons (Fsp3) is 0.0588. The summed E-state index contributed by atoms with van der Waals surface area (Å²) in [4.78, 5) is 12.6. The lowest BCUT2D eigenvalue weighted by molar-refractivity contribution is 0.623. The van der Waals surface area contributed by atoms with Crippen LogP contribution in [-0.2, 0) is 5.75 Å². The Labute approximate surface area is 163 Å². The van der Waals surface area contributed by atoms with Gasteiger partial charge in [-0.1, -0.05) is 36.0 Å². The first-order chi connectivity index (χ1) is 13.7. The highest BCUT2D eigenvalue weighted by molar-refractivity contribution is 7.98. The Morgan fingerprint density at radius 2 is 1.89 bits per heavy atom. The minimum Gasteiger partial charge on any atom is -0.368 e. The Bertz CT molecular complexity index is 1090. The van der Waals surface area contributed by atoms with Gasteiger partial charge in [0.2, 0.25) is 17.1 Å². The number of para-hydroxylation sites is 1. The molecule has 0 saturated heterocycles. The van der Waals surface area contributed by atoms with Crippen molar-refractivity contribution in [3.05, 3.63) is 66.2 Å². The van der Waals surface area contributed by atoms with Crippen LogP contribution in [0.15, 0.2) is 59.8 Å². The molecular weight excluding hydrogens is 381 g/mol. The highest BCUT2D eigenvalue weighted by Gasteiger charge is 2.12. The van der Waals surface area contributed by atoms with Gasteiger partial charge < -0.3 is 11.1 Å². The number of thioether (sulfide) groups is 1. The standard InChI is InChI=1S/C17H14FN9S/c18-11-5-4-8-13(9-11)27-17(24-25-26-27)28-10-14-21-15(19)23-16(22-14)20-12-6-2-1-3-7-12/h1-9H,10H2,(H3,19,20,21,22,23). The number of aromatic nitrogens is 7. The molecule has 9 nitrogen and oxygen atoms in total. The Kier molecular flexibility index (Phi) is 5.06. The molecule has 3 N–H and O–H groups in total. The normalized spacial score (nSPS) is 10.8. The molecule has 0 fully saturated rings. The molecule has 140 valence electrons. The zero-order valence-electron chi connectivity index (χ0n) is 14.4. The third-order valence-corrected chi connectivity index (χ3v) is 4.47. The summed E-state index contributed by atoms with van der Waals surface area (Å²) in [6.45, 7) is 0. The van der Waals surface area contributed by atoms with Crippen molar-refractivity contribution in [1.29, 1.82) is 0 Å². The van der Waals surface area contributed by atoms with E-state index in [0.717, 1.165) is 5.69 Å². The van der Waals surface area contributed by atoms with Gasteiger partial charge in [-0.2, -0.15) is 19.6 Å². The zero-order chi connectivity index (χ0) is 19.3. The predicted octanol–water partition coefficient (Wildman–Crippen LogP) is 2.60. The molecule has 28 heavy (non-hydrogen) atoms. The number of tetrazole rings is 1. The van der Waals surface area contributed by atoms with E-state index in [0.29, 0.717) is 28.4 Å². The van der Waals surface area contributed by atoms with Crippen LogP contribution in [0.2, 0.25) is 0 Å². The van der Waals surface area contributed by atoms with Crippen molar-refractivity contribution in [2.75, 3.05) is 11.1 Å². The maximum atomic E-state index is 13.5. The molecule has 11 heteroatoms. The molecule has 2 aromatic heterocycles. The third-order valence-electron chi connectivity index (χ3n) is 3.55. The van der Waals surface area contributed by atoms with Gasteiger partial charge in [-0.25, -0.2) is 4.39 Å². The van der Waals surface area contributed by atoms with Crippen LogP contribution in [0.4, 0.5) is 22.0 Å². The number of nitrogens with zero attached hydrogens (tertiary/aromatic N) is 7. The van der Waals surface area contributed by atoms with E-state index < -0.39 is 0 Å². The monoisotopic (exact) mass is 395 g/mol. The lowest BCUT2D eigenvalue weighted by atomic mass is 10.3. The van der Waals surface area contributed by atoms with E-state index in [1.54, 1.807) is 12.1 Å². The van der Waals surface area contributed by atoms with Crippen molar-refractivity contribution >= 4 is 29.3 Å². The number of nitrogens with one attached hydrogen (secondary N) is 1. The molecule has 0 unspecified atom stereocenters. The van der Waals surface area contributed by atoms with Gasteiger partial charge >= 0.3 is 0 Å². The van der Waals surface area contributed by atoms with Crippen LogP contribution in [-0.4, -0.2) is 35.2 Å². The number of rotatable bonds is 6. The lowest BCUT2D eigenvalue weighted by Gasteiger charge is -2.07. The van der Waals surface area contributed by atoms with Crippen molar-refractivity contribution in [1.82, 2.24) is 35.2 Å². The van der Waals surface area contributed by atoms with E-state index in [9.17, 15) is 4.39 Å². The topological polar surface area (TPSA) is 120 Å².